The number of alkyl halides is 2. The second-order valence-corrected chi connectivity index (χ2v) is 9.83. The number of rotatable bonds is 11. The van der Waals surface area contributed by atoms with E-state index in [4.69, 9.17) is 10.8 Å². The Balaban J connectivity index is 0.00000134. The van der Waals surface area contributed by atoms with Gasteiger partial charge in [-0.25, -0.2) is 8.78 Å². The third-order valence-corrected chi connectivity index (χ3v) is 6.25. The lowest BCUT2D eigenvalue weighted by Gasteiger charge is -2.23. The molecule has 0 bridgehead atoms. The van der Waals surface area contributed by atoms with Gasteiger partial charge in [-0.3, -0.25) is 15.3 Å². The molecular formula is C26H46F2N5O2P. The fourth-order valence-electron chi connectivity index (χ4n) is 3.41. The molecule has 36 heavy (non-hydrogen) atoms. The van der Waals surface area contributed by atoms with Gasteiger partial charge in [-0.05, 0) is 58.8 Å². The van der Waals surface area contributed by atoms with Gasteiger partial charge in [-0.15, -0.1) is 0 Å². The third-order valence-electron chi connectivity index (χ3n) is 5.23. The zero-order valence-electron chi connectivity index (χ0n) is 22.3. The van der Waals surface area contributed by atoms with Gasteiger partial charge in [-0.1, -0.05) is 43.5 Å². The summed E-state index contributed by atoms with van der Waals surface area (Å²) in [7, 11) is 2.76. The van der Waals surface area contributed by atoms with E-state index in [1.54, 1.807) is 39.5 Å². The highest BCUT2D eigenvalue weighted by Crippen LogP contribution is 2.23. The molecule has 1 aromatic carbocycles. The molecule has 0 aromatic heterocycles. The maximum absolute atomic E-state index is 12.7. The monoisotopic (exact) mass is 529 g/mol. The summed E-state index contributed by atoms with van der Waals surface area (Å²) in [5.74, 6) is 1.51. The van der Waals surface area contributed by atoms with Gasteiger partial charge < -0.3 is 20.9 Å². The molecule has 0 saturated heterocycles. The molecule has 1 aromatic rings. The van der Waals surface area contributed by atoms with Gasteiger partial charge in [-0.2, -0.15) is 0 Å². The Hall–Kier alpha value is -1.77. The first-order valence-corrected chi connectivity index (χ1v) is 13.4. The molecule has 10 heteroatoms. The molecule has 0 amide bonds. The fourth-order valence-corrected chi connectivity index (χ4v) is 4.19. The van der Waals surface area contributed by atoms with E-state index in [9.17, 15) is 8.78 Å². The van der Waals surface area contributed by atoms with E-state index in [0.717, 1.165) is 23.5 Å². The first-order valence-electron chi connectivity index (χ1n) is 12.3. The predicted octanol–water partition coefficient (Wildman–Crippen LogP) is 4.02. The number of aliphatic imine (C=N–C) groups is 2. The third kappa shape index (κ3) is 17.6. The van der Waals surface area contributed by atoms with Crippen molar-refractivity contribution in [3.8, 4) is 0 Å². The molecule has 0 spiro atoms. The molecule has 1 fully saturated rings. The number of benzene rings is 1. The van der Waals surface area contributed by atoms with Gasteiger partial charge in [0, 0.05) is 45.6 Å². The Morgan fingerprint density at radius 1 is 1.28 bits per heavy atom. The smallest absolute Gasteiger partial charge is 0.256 e. The first-order chi connectivity index (χ1) is 17.3. The van der Waals surface area contributed by atoms with Gasteiger partial charge in [0.1, 0.15) is 5.84 Å². The molecule has 2 rings (SSSR count). The van der Waals surface area contributed by atoms with E-state index < -0.39 is 14.7 Å². The van der Waals surface area contributed by atoms with Gasteiger partial charge in [0.15, 0.2) is 0 Å². The molecular weight excluding hydrogens is 483 g/mol. The summed E-state index contributed by atoms with van der Waals surface area (Å²) in [6.07, 6.45) is 5.54. The molecule has 1 aliphatic rings. The summed E-state index contributed by atoms with van der Waals surface area (Å²) >= 11 is 0. The maximum Gasteiger partial charge on any atom is 0.256 e. The van der Waals surface area contributed by atoms with Crippen molar-refractivity contribution < 1.29 is 18.6 Å². The minimum absolute atomic E-state index is 0.338. The van der Waals surface area contributed by atoms with Crippen LogP contribution >= 0.6 is 8.58 Å². The summed E-state index contributed by atoms with van der Waals surface area (Å²) < 4.78 is 29.7. The van der Waals surface area contributed by atoms with Crippen LogP contribution in [0, 0.1) is 5.92 Å². The van der Waals surface area contributed by atoms with Gasteiger partial charge in [0.25, 0.3) is 6.17 Å². The van der Waals surface area contributed by atoms with Crippen LogP contribution in [0.4, 0.5) is 8.78 Å². The Bertz CT molecular complexity index is 758. The van der Waals surface area contributed by atoms with E-state index >= 15 is 0 Å². The summed E-state index contributed by atoms with van der Waals surface area (Å²) in [5, 5.41) is 15.6. The summed E-state index contributed by atoms with van der Waals surface area (Å²) in [6.45, 7) is 9.32. The van der Waals surface area contributed by atoms with Gasteiger partial charge in [0.2, 0.25) is 0 Å². The van der Waals surface area contributed by atoms with Crippen LogP contribution in [-0.2, 0) is 11.3 Å². The normalized spacial score (nSPS) is 15.7. The average molecular weight is 530 g/mol. The Labute approximate surface area is 217 Å². The highest BCUT2D eigenvalue weighted by Gasteiger charge is 2.14. The molecule has 206 valence electrons. The minimum Gasteiger partial charge on any atom is -0.392 e. The topological polar surface area (TPSA) is 104 Å². The molecule has 1 saturated carbocycles. The molecule has 2 atom stereocenters. The van der Waals surface area contributed by atoms with Crippen molar-refractivity contribution in [2.75, 3.05) is 34.0 Å². The number of methoxy groups -OCH3 is 1. The van der Waals surface area contributed by atoms with Crippen LogP contribution in [0.3, 0.4) is 0 Å². The lowest BCUT2D eigenvalue weighted by atomic mass is 9.89. The maximum atomic E-state index is 12.7. The van der Waals surface area contributed by atoms with Crippen molar-refractivity contribution in [1.82, 2.24) is 10.6 Å². The number of aliphatic hydroxyl groups is 1. The standard InChI is InChI=1S/C21H31F2N4P.C3H9NO.C2H6O/c1-16(12-24-2)20(26-13-17-8-4-3-5-9-17)27-15-25-14-18-10-6-7-11-19(18)28-21(22)23;1-3(5)2-4;1-3-2/h6-7,10-12,17,21,25,28H,2-5,8-9,13-15H2,1H3,(H,26,27);3,5H,2,4H2,1H3;1-2H3/b16-12-;;. The lowest BCUT2D eigenvalue weighted by Crippen LogP contribution is -2.32. The summed E-state index contributed by atoms with van der Waals surface area (Å²) in [6, 6.07) is 7.33. The lowest BCUT2D eigenvalue weighted by molar-refractivity contribution is 0.203. The zero-order valence-corrected chi connectivity index (χ0v) is 23.3. The van der Waals surface area contributed by atoms with Crippen molar-refractivity contribution in [1.29, 1.82) is 0 Å². The van der Waals surface area contributed by atoms with E-state index in [1.807, 2.05) is 19.1 Å². The largest absolute Gasteiger partial charge is 0.392 e. The molecule has 7 nitrogen and oxygen atoms in total. The fraction of sp³-hybridized carbons (Fsp3) is 0.615. The van der Waals surface area contributed by atoms with Crippen LogP contribution in [0.15, 0.2) is 46.0 Å². The Morgan fingerprint density at radius 3 is 2.44 bits per heavy atom. The minimum atomic E-state index is -2.31. The van der Waals surface area contributed by atoms with Crippen molar-refractivity contribution >= 4 is 26.4 Å². The quantitative estimate of drug-likeness (QED) is 0.150. The van der Waals surface area contributed by atoms with E-state index in [0.29, 0.717) is 31.0 Å². The number of amidine groups is 1. The number of aliphatic hydroxyl groups excluding tert-OH is 1. The van der Waals surface area contributed by atoms with Crippen LogP contribution < -0.4 is 21.7 Å². The van der Waals surface area contributed by atoms with Crippen molar-refractivity contribution in [2.45, 2.75) is 64.8 Å². The van der Waals surface area contributed by atoms with E-state index in [-0.39, 0.29) is 6.10 Å². The van der Waals surface area contributed by atoms with Gasteiger partial charge in [0.05, 0.1) is 12.8 Å². The molecule has 5 N–H and O–H groups in total. The molecule has 0 aliphatic heterocycles. The van der Waals surface area contributed by atoms with Crippen LogP contribution in [0.5, 0.6) is 0 Å². The number of halogens is 2. The number of hydrogen-bond acceptors (Lipinski definition) is 6. The SMILES string of the molecule is C=N/C=C(C)\C(=N/CNCc1ccccc1PC(F)F)NCC1CCCCC1.CC(O)CN.COC. The molecule has 2 unspecified atom stereocenters. The van der Waals surface area contributed by atoms with Crippen molar-refractivity contribution in [3.63, 3.8) is 0 Å². The predicted molar refractivity (Wildman–Crippen MR) is 151 cm³/mol. The van der Waals surface area contributed by atoms with E-state index in [2.05, 4.69) is 32.1 Å². The second kappa shape index (κ2) is 22.4. The van der Waals surface area contributed by atoms with Crippen molar-refractivity contribution in [3.05, 3.63) is 41.6 Å². The average Bonchev–Trinajstić information content (AvgIpc) is 2.85. The van der Waals surface area contributed by atoms with Gasteiger partial charge >= 0.3 is 0 Å². The summed E-state index contributed by atoms with van der Waals surface area (Å²) in [5.41, 5.74) is 6.75. The Morgan fingerprint density at radius 2 is 1.89 bits per heavy atom. The number of hydrogen-bond donors (Lipinski definition) is 4. The molecule has 0 radical (unpaired) electrons. The van der Waals surface area contributed by atoms with E-state index in [1.165, 1.54) is 32.1 Å². The zero-order chi connectivity index (χ0) is 27.2. The van der Waals surface area contributed by atoms with Crippen LogP contribution in [-0.4, -0.2) is 63.9 Å². The number of nitrogens with one attached hydrogen (secondary N) is 2. The van der Waals surface area contributed by atoms with Crippen molar-refractivity contribution in [2.24, 2.45) is 21.6 Å². The summed E-state index contributed by atoms with van der Waals surface area (Å²) in [4.78, 5) is 8.47. The number of ether oxygens (including phenoxy) is 1. The molecule has 1 aliphatic carbocycles. The Kier molecular flexibility index (Phi) is 21.3. The van der Waals surface area contributed by atoms with Crippen LogP contribution in [0.1, 0.15) is 51.5 Å². The molecule has 0 heterocycles. The first kappa shape index (κ1) is 34.2. The van der Waals surface area contributed by atoms with Crippen LogP contribution in [0.25, 0.3) is 0 Å². The number of nitrogens with zero attached hydrogens (tertiary/aromatic N) is 2. The highest BCUT2D eigenvalue weighted by molar-refractivity contribution is 7.47. The highest BCUT2D eigenvalue weighted by atomic mass is 31.1. The second-order valence-electron chi connectivity index (χ2n) is 8.57. The van der Waals surface area contributed by atoms with Crippen LogP contribution in [0.2, 0.25) is 0 Å². The number of nitrogens with two attached hydrogens (primary N) is 1.